The zero-order valence-corrected chi connectivity index (χ0v) is 29.2. The summed E-state index contributed by atoms with van der Waals surface area (Å²) in [5.41, 5.74) is 9.62. The smallest absolute Gasteiger partial charge is 0.307 e. The summed E-state index contributed by atoms with van der Waals surface area (Å²) in [5, 5.41) is 20.4. The monoisotopic (exact) mass is 686 g/mol. The van der Waals surface area contributed by atoms with Gasteiger partial charge in [0.2, 0.25) is 11.8 Å². The highest BCUT2D eigenvalue weighted by atomic mass is 32.1. The molecule has 1 N–H and O–H groups in total. The van der Waals surface area contributed by atoms with Gasteiger partial charge in [0.25, 0.3) is 0 Å². The summed E-state index contributed by atoms with van der Waals surface area (Å²) in [6.07, 6.45) is 2.62. The quantitative estimate of drug-likeness (QED) is 0.201. The maximum atomic E-state index is 13.2. The number of carboxylic acids is 1. The van der Waals surface area contributed by atoms with Crippen LogP contribution in [-0.4, -0.2) is 74.4 Å². The molecule has 11 heteroatoms. The molecule has 10 nitrogen and oxygen atoms in total. The first-order valence-electron chi connectivity index (χ1n) is 17.1. The van der Waals surface area contributed by atoms with E-state index in [1.165, 1.54) is 0 Å². The van der Waals surface area contributed by atoms with E-state index in [4.69, 9.17) is 14.4 Å². The number of amides is 1. The number of aliphatic carboxylic acids is 1. The molecule has 5 heterocycles. The number of carbonyl (C=O) groups excluding carboxylic acids is 1. The molecule has 2 unspecified atom stereocenters. The number of hydrogen-bond acceptors (Lipinski definition) is 9. The minimum atomic E-state index is -0.763. The summed E-state index contributed by atoms with van der Waals surface area (Å²) in [4.78, 5) is 42.0. The van der Waals surface area contributed by atoms with Crippen molar-refractivity contribution in [2.75, 3.05) is 26.7 Å². The molecular weight excluding hydrogens is 649 g/mol. The summed E-state index contributed by atoms with van der Waals surface area (Å²) in [6.45, 7) is 8.12. The number of likely N-dealkylation sites (tertiary alicyclic amines) is 2. The highest BCUT2D eigenvalue weighted by Gasteiger charge is 2.35. The molecule has 254 valence electrons. The summed E-state index contributed by atoms with van der Waals surface area (Å²) in [5.74, 6) is -0.457. The molecule has 0 spiro atoms. The van der Waals surface area contributed by atoms with E-state index < -0.39 is 5.97 Å². The van der Waals surface area contributed by atoms with Crippen LogP contribution in [0.25, 0.3) is 44.3 Å². The predicted octanol–water partition coefficient (Wildman–Crippen LogP) is 6.62. The largest absolute Gasteiger partial charge is 0.481 e. The van der Waals surface area contributed by atoms with Crippen molar-refractivity contribution in [3.8, 4) is 39.2 Å². The molecule has 8 rings (SSSR count). The Morgan fingerprint density at radius 1 is 1.00 bits per heavy atom. The van der Waals surface area contributed by atoms with Gasteiger partial charge in [-0.25, -0.2) is 9.97 Å². The minimum Gasteiger partial charge on any atom is -0.481 e. The van der Waals surface area contributed by atoms with Crippen molar-refractivity contribution in [2.45, 2.75) is 58.8 Å². The minimum absolute atomic E-state index is 0.0165. The van der Waals surface area contributed by atoms with Crippen LogP contribution in [0.4, 0.5) is 0 Å². The molecule has 2 atom stereocenters. The van der Waals surface area contributed by atoms with Gasteiger partial charge < -0.3 is 14.4 Å². The number of hydrogen-bond donors (Lipinski definition) is 1. The van der Waals surface area contributed by atoms with E-state index in [1.54, 1.807) is 11.3 Å². The van der Waals surface area contributed by atoms with Gasteiger partial charge in [-0.3, -0.25) is 19.4 Å². The number of thiazole rings is 1. The van der Waals surface area contributed by atoms with E-state index in [0.29, 0.717) is 61.7 Å². The third-order valence-electron chi connectivity index (χ3n) is 10.7. The molecule has 3 aliphatic heterocycles. The van der Waals surface area contributed by atoms with E-state index in [-0.39, 0.29) is 17.9 Å². The number of nitrogens with zero attached hydrogens (tertiary/aromatic N) is 6. The zero-order valence-electron chi connectivity index (χ0n) is 28.4. The number of fused-ring (bicyclic) bond motifs is 2. The van der Waals surface area contributed by atoms with Crippen LogP contribution in [0.1, 0.15) is 52.1 Å². The summed E-state index contributed by atoms with van der Waals surface area (Å²) < 4.78 is 6.28. The molecule has 0 radical (unpaired) electrons. The lowest BCUT2D eigenvalue weighted by atomic mass is 9.91. The second-order valence-electron chi connectivity index (χ2n) is 13.9. The number of likely N-dealkylation sites (N-methyl/N-ethyl adjacent to an activating group) is 1. The van der Waals surface area contributed by atoms with Crippen molar-refractivity contribution < 1.29 is 19.1 Å². The maximum absolute atomic E-state index is 13.2. The van der Waals surface area contributed by atoms with Crippen LogP contribution in [0.15, 0.2) is 52.9 Å². The molecule has 2 aromatic heterocycles. The summed E-state index contributed by atoms with van der Waals surface area (Å²) in [6, 6.07) is 18.4. The number of oxazole rings is 1. The number of benzene rings is 3. The molecule has 3 aliphatic rings. The van der Waals surface area contributed by atoms with E-state index in [0.717, 1.165) is 73.9 Å². The molecule has 50 heavy (non-hydrogen) atoms. The molecular formula is C39H38N6O4S. The highest BCUT2D eigenvalue weighted by molar-refractivity contribution is 7.15. The van der Waals surface area contributed by atoms with Crippen molar-refractivity contribution in [3.63, 3.8) is 0 Å². The SMILES string of the molecule is Cc1c(-c2nc3cc(CN4CCC(C(=O)O)C4)cc(C#N)c3o2)cccc1-c1cccc(-c2nc3c(s2)CN(C(=O)C2CCCN2C)C3)c1C. The molecule has 1 amide bonds. The Bertz CT molecular complexity index is 2190. The lowest BCUT2D eigenvalue weighted by molar-refractivity contribution is -0.141. The van der Waals surface area contributed by atoms with Gasteiger partial charge in [-0.05, 0) is 99.3 Å². The number of aromatic nitrogens is 2. The lowest BCUT2D eigenvalue weighted by Gasteiger charge is -2.24. The number of carbonyl (C=O) groups is 2. The zero-order chi connectivity index (χ0) is 34.7. The summed E-state index contributed by atoms with van der Waals surface area (Å²) in [7, 11) is 2.04. The highest BCUT2D eigenvalue weighted by Crippen LogP contribution is 2.41. The van der Waals surface area contributed by atoms with Crippen molar-refractivity contribution in [1.29, 1.82) is 5.26 Å². The van der Waals surface area contributed by atoms with Crippen LogP contribution in [0.3, 0.4) is 0 Å². The van der Waals surface area contributed by atoms with Crippen LogP contribution in [0, 0.1) is 31.1 Å². The van der Waals surface area contributed by atoms with Gasteiger partial charge in [0.1, 0.15) is 16.6 Å². The fourth-order valence-corrected chi connectivity index (χ4v) is 9.05. The van der Waals surface area contributed by atoms with Gasteiger partial charge in [-0.1, -0.05) is 30.3 Å². The van der Waals surface area contributed by atoms with Crippen molar-refractivity contribution >= 4 is 34.3 Å². The Hall–Kier alpha value is -4.89. The standard InChI is InChI=1S/C39H38N6O4S/c1-22-27(28-8-5-10-30(23(28)2)37-42-32-20-45(21-34(32)50-37)38(46)33-11-6-13-43(33)3)7-4-9-29(22)36-41-31-16-24(15-26(17-40)35(31)49-36)18-44-14-12-25(19-44)39(47)48/h4-5,7-10,15-16,25,33H,6,11-14,18-21H2,1-3H3,(H,47,48). The Labute approximate surface area is 294 Å². The van der Waals surface area contributed by atoms with E-state index in [1.807, 2.05) is 36.2 Å². The fraction of sp³-hybridized carbons (Fsp3) is 0.359. The normalized spacial score (nSPS) is 19.4. The van der Waals surface area contributed by atoms with Gasteiger partial charge in [0.05, 0.1) is 36.3 Å². The van der Waals surface area contributed by atoms with Gasteiger partial charge in [0, 0.05) is 29.1 Å². The second kappa shape index (κ2) is 12.8. The molecule has 2 fully saturated rings. The van der Waals surface area contributed by atoms with Crippen LogP contribution in [-0.2, 0) is 29.2 Å². The number of nitriles is 1. The molecule has 0 saturated carbocycles. The van der Waals surface area contributed by atoms with Gasteiger partial charge in [-0.15, -0.1) is 11.3 Å². The molecule has 2 saturated heterocycles. The van der Waals surface area contributed by atoms with E-state index in [9.17, 15) is 20.0 Å². The van der Waals surface area contributed by atoms with Gasteiger partial charge in [-0.2, -0.15) is 5.26 Å². The first kappa shape index (κ1) is 32.3. The average molecular weight is 687 g/mol. The molecule has 0 aliphatic carbocycles. The Balaban J connectivity index is 1.06. The van der Waals surface area contributed by atoms with Gasteiger partial charge in [0.15, 0.2) is 5.58 Å². The van der Waals surface area contributed by atoms with E-state index >= 15 is 0 Å². The predicted molar refractivity (Wildman–Crippen MR) is 191 cm³/mol. The second-order valence-corrected chi connectivity index (χ2v) is 14.9. The summed E-state index contributed by atoms with van der Waals surface area (Å²) >= 11 is 1.68. The molecule has 0 bridgehead atoms. The lowest BCUT2D eigenvalue weighted by Crippen LogP contribution is -2.41. The maximum Gasteiger partial charge on any atom is 0.307 e. The van der Waals surface area contributed by atoms with Crippen molar-refractivity contribution in [3.05, 3.63) is 81.4 Å². The van der Waals surface area contributed by atoms with E-state index in [2.05, 4.69) is 54.0 Å². The Morgan fingerprint density at radius 2 is 1.74 bits per heavy atom. The molecule has 5 aromatic rings. The number of rotatable bonds is 7. The molecule has 3 aromatic carbocycles. The Kier molecular flexibility index (Phi) is 8.26. The van der Waals surface area contributed by atoms with Crippen LogP contribution >= 0.6 is 11.3 Å². The van der Waals surface area contributed by atoms with Gasteiger partial charge >= 0.3 is 5.97 Å². The fourth-order valence-electron chi connectivity index (χ4n) is 7.88. The van der Waals surface area contributed by atoms with Crippen LogP contribution in [0.2, 0.25) is 0 Å². The van der Waals surface area contributed by atoms with Crippen molar-refractivity contribution in [1.82, 2.24) is 24.7 Å². The topological polar surface area (TPSA) is 127 Å². The first-order chi connectivity index (χ1) is 24.2. The van der Waals surface area contributed by atoms with Crippen LogP contribution < -0.4 is 0 Å². The third kappa shape index (κ3) is 5.67. The first-order valence-corrected chi connectivity index (χ1v) is 18.0. The third-order valence-corrected chi connectivity index (χ3v) is 11.8. The van der Waals surface area contributed by atoms with Crippen molar-refractivity contribution in [2.24, 2.45) is 5.92 Å². The average Bonchev–Trinajstić information content (AvgIpc) is 3.93. The Morgan fingerprint density at radius 3 is 2.42 bits per heavy atom. The number of carboxylic acid groups (broad SMARTS) is 1. The van der Waals surface area contributed by atoms with Crippen LogP contribution in [0.5, 0.6) is 0 Å².